The van der Waals surface area contributed by atoms with Gasteiger partial charge in [0.05, 0.1) is 6.17 Å². The van der Waals surface area contributed by atoms with Crippen molar-refractivity contribution in [3.63, 3.8) is 0 Å². The van der Waals surface area contributed by atoms with E-state index < -0.39 is 0 Å². The van der Waals surface area contributed by atoms with E-state index in [1.807, 2.05) is 11.4 Å². The molecule has 0 amide bonds. The van der Waals surface area contributed by atoms with Gasteiger partial charge in [0.2, 0.25) is 0 Å². The lowest BCUT2D eigenvalue weighted by Gasteiger charge is -1.97. The second kappa shape index (κ2) is 2.79. The summed E-state index contributed by atoms with van der Waals surface area (Å²) in [6.07, 6.45) is -0.332. The third kappa shape index (κ3) is 1.76. The van der Waals surface area contributed by atoms with Crippen LogP contribution in [0.4, 0.5) is 0 Å². The highest BCUT2D eigenvalue weighted by Gasteiger charge is 2.00. The molecular formula is C5H7BrN2S. The Hall–Kier alpha value is 0.1000. The van der Waals surface area contributed by atoms with Crippen LogP contribution in [0.25, 0.3) is 0 Å². The van der Waals surface area contributed by atoms with E-state index >= 15 is 0 Å². The average molecular weight is 207 g/mol. The zero-order chi connectivity index (χ0) is 6.85. The summed E-state index contributed by atoms with van der Waals surface area (Å²) in [6.45, 7) is 0. The Morgan fingerprint density at radius 1 is 1.56 bits per heavy atom. The Bertz CT molecular complexity index is 197. The Morgan fingerprint density at radius 3 is 2.44 bits per heavy atom. The Morgan fingerprint density at radius 2 is 2.22 bits per heavy atom. The maximum absolute atomic E-state index is 5.39. The summed E-state index contributed by atoms with van der Waals surface area (Å²) < 4.78 is 1.04. The van der Waals surface area contributed by atoms with Crippen LogP contribution in [0.5, 0.6) is 0 Å². The van der Waals surface area contributed by atoms with Crippen molar-refractivity contribution in [1.82, 2.24) is 0 Å². The van der Waals surface area contributed by atoms with Gasteiger partial charge in [-0.15, -0.1) is 11.3 Å². The molecule has 0 fully saturated rings. The summed E-state index contributed by atoms with van der Waals surface area (Å²) >= 11 is 4.86. The van der Waals surface area contributed by atoms with E-state index in [9.17, 15) is 0 Å². The highest BCUT2D eigenvalue weighted by atomic mass is 79.9. The zero-order valence-corrected chi connectivity index (χ0v) is 7.08. The first-order chi connectivity index (χ1) is 4.20. The summed E-state index contributed by atoms with van der Waals surface area (Å²) in [5, 5.41) is 1.96. The minimum Gasteiger partial charge on any atom is -0.312 e. The van der Waals surface area contributed by atoms with Crippen LogP contribution in [0.3, 0.4) is 0 Å². The quantitative estimate of drug-likeness (QED) is 0.684. The van der Waals surface area contributed by atoms with Crippen molar-refractivity contribution in [2.45, 2.75) is 6.17 Å². The van der Waals surface area contributed by atoms with Gasteiger partial charge in [0.25, 0.3) is 0 Å². The van der Waals surface area contributed by atoms with Gasteiger partial charge in [0, 0.05) is 14.7 Å². The van der Waals surface area contributed by atoms with Gasteiger partial charge in [0.1, 0.15) is 0 Å². The van der Waals surface area contributed by atoms with Crippen molar-refractivity contribution in [2.75, 3.05) is 0 Å². The molecule has 0 radical (unpaired) electrons. The molecule has 0 bridgehead atoms. The molecule has 0 atom stereocenters. The molecule has 2 nitrogen and oxygen atoms in total. The van der Waals surface area contributed by atoms with E-state index in [0.717, 1.165) is 9.35 Å². The fourth-order valence-electron chi connectivity index (χ4n) is 0.503. The smallest absolute Gasteiger partial charge is 0.0879 e. The lowest BCUT2D eigenvalue weighted by Crippen LogP contribution is -2.18. The van der Waals surface area contributed by atoms with Crippen LogP contribution < -0.4 is 11.5 Å². The van der Waals surface area contributed by atoms with Crippen LogP contribution in [0, 0.1) is 0 Å². The first-order valence-corrected chi connectivity index (χ1v) is 4.12. The molecule has 0 saturated heterocycles. The summed E-state index contributed by atoms with van der Waals surface area (Å²) in [5.74, 6) is 0. The van der Waals surface area contributed by atoms with E-state index in [-0.39, 0.29) is 6.17 Å². The van der Waals surface area contributed by atoms with Crippen LogP contribution in [0.1, 0.15) is 11.0 Å². The molecule has 0 spiro atoms. The molecule has 9 heavy (non-hydrogen) atoms. The molecule has 1 aromatic rings. The number of hydrogen-bond donors (Lipinski definition) is 2. The van der Waals surface area contributed by atoms with Gasteiger partial charge in [-0.2, -0.15) is 0 Å². The second-order valence-corrected chi connectivity index (χ2v) is 3.55. The molecule has 0 aromatic carbocycles. The van der Waals surface area contributed by atoms with Crippen molar-refractivity contribution in [3.8, 4) is 0 Å². The van der Waals surface area contributed by atoms with E-state index in [0.29, 0.717) is 0 Å². The zero-order valence-electron chi connectivity index (χ0n) is 4.67. The maximum Gasteiger partial charge on any atom is 0.0879 e. The second-order valence-electron chi connectivity index (χ2n) is 1.69. The molecule has 1 heterocycles. The van der Waals surface area contributed by atoms with Crippen molar-refractivity contribution in [3.05, 3.63) is 20.8 Å². The number of nitrogens with two attached hydrogens (primary N) is 2. The largest absolute Gasteiger partial charge is 0.312 e. The number of halogens is 1. The van der Waals surface area contributed by atoms with Crippen molar-refractivity contribution >= 4 is 27.3 Å². The fraction of sp³-hybridized carbons (Fsp3) is 0.200. The third-order valence-corrected chi connectivity index (χ3v) is 2.71. The first-order valence-electron chi connectivity index (χ1n) is 2.45. The van der Waals surface area contributed by atoms with Crippen LogP contribution >= 0.6 is 27.3 Å². The standard InChI is InChI=1S/C5H7BrN2S/c6-3-1-4(5(7)8)9-2-3/h1-2,5H,7-8H2. The normalized spacial score (nSPS) is 10.7. The molecule has 4 heteroatoms. The van der Waals surface area contributed by atoms with E-state index in [1.165, 1.54) is 0 Å². The predicted octanol–water partition coefficient (Wildman–Crippen LogP) is 1.43. The fourth-order valence-corrected chi connectivity index (χ4v) is 1.85. The average Bonchev–Trinajstić information content (AvgIpc) is 2.14. The van der Waals surface area contributed by atoms with Crippen molar-refractivity contribution in [2.24, 2.45) is 11.5 Å². The number of rotatable bonds is 1. The lowest BCUT2D eigenvalue weighted by atomic mass is 10.4. The highest BCUT2D eigenvalue weighted by molar-refractivity contribution is 9.10. The number of thiophene rings is 1. The van der Waals surface area contributed by atoms with E-state index in [1.54, 1.807) is 11.3 Å². The molecule has 50 valence electrons. The highest BCUT2D eigenvalue weighted by Crippen LogP contribution is 2.21. The molecule has 0 aliphatic heterocycles. The van der Waals surface area contributed by atoms with Gasteiger partial charge in [-0.25, -0.2) is 0 Å². The van der Waals surface area contributed by atoms with E-state index in [4.69, 9.17) is 11.5 Å². The lowest BCUT2D eigenvalue weighted by molar-refractivity contribution is 0.791. The first kappa shape index (κ1) is 7.21. The van der Waals surface area contributed by atoms with Crippen molar-refractivity contribution in [1.29, 1.82) is 0 Å². The van der Waals surface area contributed by atoms with Crippen LogP contribution in [-0.4, -0.2) is 0 Å². The SMILES string of the molecule is NC(N)c1cc(Br)cs1. The van der Waals surface area contributed by atoms with Gasteiger partial charge >= 0.3 is 0 Å². The molecular weight excluding hydrogens is 200 g/mol. The Kier molecular flexibility index (Phi) is 2.23. The predicted molar refractivity (Wildman–Crippen MR) is 43.1 cm³/mol. The molecule has 0 unspecified atom stereocenters. The molecule has 4 N–H and O–H groups in total. The molecule has 1 aromatic heterocycles. The topological polar surface area (TPSA) is 52.0 Å². The third-order valence-electron chi connectivity index (χ3n) is 0.916. The van der Waals surface area contributed by atoms with Gasteiger partial charge in [-0.3, -0.25) is 0 Å². The molecule has 0 aliphatic carbocycles. The van der Waals surface area contributed by atoms with Gasteiger partial charge in [-0.05, 0) is 22.0 Å². The summed E-state index contributed by atoms with van der Waals surface area (Å²) in [5.41, 5.74) is 10.8. The minimum absolute atomic E-state index is 0.332. The summed E-state index contributed by atoms with van der Waals surface area (Å²) in [7, 11) is 0. The Balaban J connectivity index is 2.85. The number of hydrogen-bond acceptors (Lipinski definition) is 3. The molecule has 0 saturated carbocycles. The van der Waals surface area contributed by atoms with Gasteiger partial charge < -0.3 is 11.5 Å². The van der Waals surface area contributed by atoms with Crippen LogP contribution in [0.15, 0.2) is 15.9 Å². The summed E-state index contributed by atoms with van der Waals surface area (Å²) in [4.78, 5) is 1.00. The van der Waals surface area contributed by atoms with Crippen LogP contribution in [0.2, 0.25) is 0 Å². The Labute approximate surface area is 66.0 Å². The van der Waals surface area contributed by atoms with Gasteiger partial charge in [0.15, 0.2) is 0 Å². The maximum atomic E-state index is 5.39. The summed E-state index contributed by atoms with van der Waals surface area (Å²) in [6, 6.07) is 1.93. The van der Waals surface area contributed by atoms with Gasteiger partial charge in [-0.1, -0.05) is 0 Å². The monoisotopic (exact) mass is 206 g/mol. The minimum atomic E-state index is -0.332. The van der Waals surface area contributed by atoms with E-state index in [2.05, 4.69) is 15.9 Å². The van der Waals surface area contributed by atoms with Crippen molar-refractivity contribution < 1.29 is 0 Å². The molecule has 1 rings (SSSR count). The molecule has 0 aliphatic rings. The van der Waals surface area contributed by atoms with Crippen LogP contribution in [-0.2, 0) is 0 Å².